The predicted octanol–water partition coefficient (Wildman–Crippen LogP) is 3.14. The quantitative estimate of drug-likeness (QED) is 0.773. The number of phenolic OH excluding ortho intramolecular Hbond substituents is 1. The number of hydrogen-bond acceptors (Lipinski definition) is 3. The zero-order valence-corrected chi connectivity index (χ0v) is 8.97. The second-order valence-corrected chi connectivity index (χ2v) is 3.37. The molecule has 0 heterocycles. The first-order valence-electron chi connectivity index (χ1n) is 4.98. The van der Waals surface area contributed by atoms with Crippen LogP contribution in [0.4, 0.5) is 11.4 Å². The van der Waals surface area contributed by atoms with Crippen LogP contribution in [0.1, 0.15) is 0 Å². The van der Waals surface area contributed by atoms with Crippen molar-refractivity contribution in [3.63, 3.8) is 0 Å². The van der Waals surface area contributed by atoms with E-state index in [9.17, 15) is 5.11 Å². The number of phenols is 1. The predicted molar refractivity (Wildman–Crippen MR) is 64.4 cm³/mol. The molecule has 0 aliphatic heterocycles. The van der Waals surface area contributed by atoms with Gasteiger partial charge >= 0.3 is 0 Å². The molecule has 2 N–H and O–H groups in total. The van der Waals surface area contributed by atoms with Gasteiger partial charge in [0.15, 0.2) is 0 Å². The molecule has 0 radical (unpaired) electrons. The molecule has 0 unspecified atom stereocenters. The highest BCUT2D eigenvalue weighted by Gasteiger charge is 2.02. The molecule has 2 rings (SSSR count). The lowest BCUT2D eigenvalue weighted by Gasteiger charge is -2.09. The highest BCUT2D eigenvalue weighted by atomic mass is 16.5. The summed E-state index contributed by atoms with van der Waals surface area (Å²) in [5.41, 5.74) is 1.55. The number of methoxy groups -OCH3 is 1. The molecule has 0 aliphatic rings. The summed E-state index contributed by atoms with van der Waals surface area (Å²) >= 11 is 0. The Bertz CT molecular complexity index is 469. The van der Waals surface area contributed by atoms with Crippen LogP contribution >= 0.6 is 0 Å². The maximum Gasteiger partial charge on any atom is 0.139 e. The Morgan fingerprint density at radius 2 is 1.81 bits per heavy atom. The second kappa shape index (κ2) is 4.57. The van der Waals surface area contributed by atoms with E-state index in [4.69, 9.17) is 4.74 Å². The van der Waals surface area contributed by atoms with Crippen molar-refractivity contribution < 1.29 is 9.84 Å². The van der Waals surface area contributed by atoms with Crippen molar-refractivity contribution in [2.24, 2.45) is 0 Å². The van der Waals surface area contributed by atoms with Crippen LogP contribution in [-0.4, -0.2) is 12.2 Å². The van der Waals surface area contributed by atoms with Gasteiger partial charge in [-0.3, -0.25) is 0 Å². The fourth-order valence-corrected chi connectivity index (χ4v) is 1.42. The molecule has 0 aliphatic carbocycles. The third-order valence-electron chi connectivity index (χ3n) is 2.26. The maximum atomic E-state index is 9.67. The van der Waals surface area contributed by atoms with E-state index in [0.29, 0.717) is 11.4 Å². The number of anilines is 2. The Hall–Kier alpha value is -2.16. The minimum absolute atomic E-state index is 0.199. The summed E-state index contributed by atoms with van der Waals surface area (Å²) in [6, 6.07) is 14.7. The number of ether oxygens (including phenoxy) is 1. The largest absolute Gasteiger partial charge is 0.506 e. The first-order valence-corrected chi connectivity index (χ1v) is 4.98. The van der Waals surface area contributed by atoms with Gasteiger partial charge in [-0.1, -0.05) is 18.2 Å². The number of rotatable bonds is 3. The van der Waals surface area contributed by atoms with E-state index in [1.165, 1.54) is 0 Å². The number of nitrogens with one attached hydrogen (secondary N) is 1. The van der Waals surface area contributed by atoms with Crippen LogP contribution in [0.15, 0.2) is 48.5 Å². The van der Waals surface area contributed by atoms with Gasteiger partial charge in [0.05, 0.1) is 12.8 Å². The molecule has 3 nitrogen and oxygen atoms in total. The molecule has 0 atom stereocenters. The van der Waals surface area contributed by atoms with Gasteiger partial charge in [0, 0.05) is 11.8 Å². The van der Waals surface area contributed by atoms with Gasteiger partial charge < -0.3 is 15.2 Å². The summed E-state index contributed by atoms with van der Waals surface area (Å²) in [4.78, 5) is 0. The Labute approximate surface area is 94.3 Å². The molecular formula is C13H13NO2. The van der Waals surface area contributed by atoms with Crippen molar-refractivity contribution in [2.45, 2.75) is 0 Å². The van der Waals surface area contributed by atoms with Crippen molar-refractivity contribution >= 4 is 11.4 Å². The molecule has 3 heteroatoms. The summed E-state index contributed by atoms with van der Waals surface area (Å²) in [5, 5.41) is 12.8. The number of benzene rings is 2. The van der Waals surface area contributed by atoms with Crippen LogP contribution in [0.3, 0.4) is 0 Å². The highest BCUT2D eigenvalue weighted by molar-refractivity contribution is 5.67. The fourth-order valence-electron chi connectivity index (χ4n) is 1.42. The van der Waals surface area contributed by atoms with Crippen molar-refractivity contribution in [1.29, 1.82) is 0 Å². The van der Waals surface area contributed by atoms with E-state index in [2.05, 4.69) is 5.32 Å². The zero-order chi connectivity index (χ0) is 11.4. The van der Waals surface area contributed by atoms with Crippen LogP contribution in [0.2, 0.25) is 0 Å². The number of hydrogen-bond donors (Lipinski definition) is 2. The Morgan fingerprint density at radius 1 is 1.06 bits per heavy atom. The molecule has 16 heavy (non-hydrogen) atoms. The molecule has 2 aromatic rings. The molecule has 82 valence electrons. The van der Waals surface area contributed by atoms with Crippen molar-refractivity contribution in [3.8, 4) is 11.5 Å². The Balaban J connectivity index is 2.27. The Kier molecular flexibility index (Phi) is 2.96. The van der Waals surface area contributed by atoms with Gasteiger partial charge in [-0.25, -0.2) is 0 Å². The van der Waals surface area contributed by atoms with E-state index < -0.39 is 0 Å². The van der Waals surface area contributed by atoms with E-state index >= 15 is 0 Å². The van der Waals surface area contributed by atoms with Gasteiger partial charge in [0.25, 0.3) is 0 Å². The van der Waals surface area contributed by atoms with Crippen LogP contribution in [0.25, 0.3) is 0 Å². The number of para-hydroxylation sites is 1. The van der Waals surface area contributed by atoms with Crippen LogP contribution in [-0.2, 0) is 0 Å². The van der Waals surface area contributed by atoms with E-state index in [-0.39, 0.29) is 5.75 Å². The maximum absolute atomic E-state index is 9.67. The first-order chi connectivity index (χ1) is 7.79. The minimum atomic E-state index is 0.199. The monoisotopic (exact) mass is 215 g/mol. The smallest absolute Gasteiger partial charge is 0.139 e. The van der Waals surface area contributed by atoms with Gasteiger partial charge in [-0.05, 0) is 24.3 Å². The van der Waals surface area contributed by atoms with Crippen LogP contribution in [0.5, 0.6) is 11.5 Å². The second-order valence-electron chi connectivity index (χ2n) is 3.37. The lowest BCUT2D eigenvalue weighted by Crippen LogP contribution is -1.91. The summed E-state index contributed by atoms with van der Waals surface area (Å²) in [6.07, 6.45) is 0. The third-order valence-corrected chi connectivity index (χ3v) is 2.26. The lowest BCUT2D eigenvalue weighted by molar-refractivity contribution is 0.413. The number of aromatic hydroxyl groups is 1. The van der Waals surface area contributed by atoms with Crippen LogP contribution in [0, 0.1) is 0 Å². The van der Waals surface area contributed by atoms with Crippen LogP contribution < -0.4 is 10.1 Å². The van der Waals surface area contributed by atoms with E-state index in [1.54, 1.807) is 25.3 Å². The normalized spacial score (nSPS) is 9.81. The first kappa shape index (κ1) is 10.4. The summed E-state index contributed by atoms with van der Waals surface area (Å²) in [7, 11) is 1.60. The SMILES string of the molecule is COc1ccc(O)c(Nc2ccccc2)c1. The highest BCUT2D eigenvalue weighted by Crippen LogP contribution is 2.30. The van der Waals surface area contributed by atoms with Crippen molar-refractivity contribution in [2.75, 3.05) is 12.4 Å². The summed E-state index contributed by atoms with van der Waals surface area (Å²) < 4.78 is 5.10. The molecule has 2 aromatic carbocycles. The van der Waals surface area contributed by atoms with Gasteiger partial charge in [-0.2, -0.15) is 0 Å². The fraction of sp³-hybridized carbons (Fsp3) is 0.0769. The Morgan fingerprint density at radius 3 is 2.50 bits per heavy atom. The molecule has 0 aromatic heterocycles. The van der Waals surface area contributed by atoms with Gasteiger partial charge in [-0.15, -0.1) is 0 Å². The average molecular weight is 215 g/mol. The minimum Gasteiger partial charge on any atom is -0.506 e. The molecule has 0 bridgehead atoms. The van der Waals surface area contributed by atoms with E-state index in [1.807, 2.05) is 30.3 Å². The summed E-state index contributed by atoms with van der Waals surface area (Å²) in [5.74, 6) is 0.904. The van der Waals surface area contributed by atoms with Crippen molar-refractivity contribution in [1.82, 2.24) is 0 Å². The molecule has 0 saturated heterocycles. The average Bonchev–Trinajstić information content (AvgIpc) is 2.33. The topological polar surface area (TPSA) is 41.5 Å². The molecular weight excluding hydrogens is 202 g/mol. The van der Waals surface area contributed by atoms with Gasteiger partial charge in [0.1, 0.15) is 11.5 Å². The van der Waals surface area contributed by atoms with Gasteiger partial charge in [0.2, 0.25) is 0 Å². The zero-order valence-electron chi connectivity index (χ0n) is 8.97. The van der Waals surface area contributed by atoms with Crippen molar-refractivity contribution in [3.05, 3.63) is 48.5 Å². The molecule has 0 spiro atoms. The van der Waals surface area contributed by atoms with E-state index in [0.717, 1.165) is 5.69 Å². The summed E-state index contributed by atoms with van der Waals surface area (Å²) in [6.45, 7) is 0. The molecule has 0 fully saturated rings. The molecule has 0 saturated carbocycles. The molecule has 0 amide bonds. The lowest BCUT2D eigenvalue weighted by atomic mass is 10.2. The standard InChI is InChI=1S/C13H13NO2/c1-16-11-7-8-13(15)12(9-11)14-10-5-3-2-4-6-10/h2-9,14-15H,1H3. The third kappa shape index (κ3) is 2.25.